The number of hydrogen-bond acceptors (Lipinski definition) is 9. The van der Waals surface area contributed by atoms with Crippen molar-refractivity contribution in [2.45, 2.75) is 5.22 Å². The van der Waals surface area contributed by atoms with E-state index in [-0.39, 0.29) is 16.0 Å². The molecule has 8 nitrogen and oxygen atoms in total. The van der Waals surface area contributed by atoms with Crippen LogP contribution in [0.25, 0.3) is 17.5 Å². The predicted octanol–water partition coefficient (Wildman–Crippen LogP) is 2.23. The molecule has 2 heterocycles. The van der Waals surface area contributed by atoms with Crippen LogP contribution in [0.2, 0.25) is 0 Å². The van der Waals surface area contributed by atoms with E-state index < -0.39 is 5.97 Å². The van der Waals surface area contributed by atoms with E-state index >= 15 is 0 Å². The van der Waals surface area contributed by atoms with Gasteiger partial charge in [-0.3, -0.25) is 0 Å². The van der Waals surface area contributed by atoms with E-state index in [9.17, 15) is 9.90 Å². The summed E-state index contributed by atoms with van der Waals surface area (Å²) in [6.45, 7) is 0. The van der Waals surface area contributed by atoms with Crippen molar-refractivity contribution in [3.05, 3.63) is 47.3 Å². The van der Waals surface area contributed by atoms with Crippen LogP contribution in [0.4, 0.5) is 0 Å². The average molecular weight is 373 g/mol. The van der Waals surface area contributed by atoms with Gasteiger partial charge in [0.05, 0.1) is 26.5 Å². The fraction of sp³-hybridized carbons (Fsp3) is 0.118. The minimum Gasteiger partial charge on any atom is -0.544 e. The molecule has 0 bridgehead atoms. The van der Waals surface area contributed by atoms with Crippen molar-refractivity contribution in [1.82, 2.24) is 10.2 Å². The average Bonchev–Trinajstić information content (AvgIpc) is 3.32. The number of aromatic nitrogens is 2. The number of thioether (sulfide) groups is 1. The van der Waals surface area contributed by atoms with Crippen LogP contribution in [0.5, 0.6) is 11.5 Å². The summed E-state index contributed by atoms with van der Waals surface area (Å²) in [6.07, 6.45) is 2.75. The van der Waals surface area contributed by atoms with E-state index in [1.165, 1.54) is 26.6 Å². The molecule has 0 fully saturated rings. The van der Waals surface area contributed by atoms with E-state index in [4.69, 9.17) is 18.3 Å². The minimum absolute atomic E-state index is 0.0452. The molecule has 9 heteroatoms. The number of ether oxygens (including phenoxy) is 2. The Balaban J connectivity index is 1.86. The molecule has 26 heavy (non-hydrogen) atoms. The zero-order valence-electron chi connectivity index (χ0n) is 13.8. The number of methoxy groups -OCH3 is 2. The Kier molecular flexibility index (Phi) is 5.28. The molecule has 0 N–H and O–H groups in total. The maximum Gasteiger partial charge on any atom is 0.281 e. The van der Waals surface area contributed by atoms with Gasteiger partial charge in [-0.15, -0.1) is 10.2 Å². The molecule has 0 aliphatic heterocycles. The Hall–Kier alpha value is -3.20. The number of carboxylic acid groups (broad SMARTS) is 1. The third-order valence-electron chi connectivity index (χ3n) is 3.22. The van der Waals surface area contributed by atoms with Crippen LogP contribution in [0.1, 0.15) is 5.76 Å². The predicted molar refractivity (Wildman–Crippen MR) is 90.4 cm³/mol. The molecule has 0 atom stereocenters. The highest BCUT2D eigenvalue weighted by atomic mass is 32.2. The molecular weight excluding hydrogens is 360 g/mol. The van der Waals surface area contributed by atoms with Gasteiger partial charge in [-0.1, -0.05) is 0 Å². The summed E-state index contributed by atoms with van der Waals surface area (Å²) in [5, 5.41) is 19.1. The lowest BCUT2D eigenvalue weighted by molar-refractivity contribution is -0.298. The van der Waals surface area contributed by atoms with Crippen LogP contribution < -0.4 is 14.6 Å². The molecule has 0 radical (unpaired) electrons. The van der Waals surface area contributed by atoms with Crippen molar-refractivity contribution in [1.29, 1.82) is 0 Å². The molecule has 3 aromatic rings. The maximum absolute atomic E-state index is 11.3. The fourth-order valence-electron chi connectivity index (χ4n) is 2.03. The van der Waals surface area contributed by atoms with E-state index in [1.54, 1.807) is 30.3 Å². The summed E-state index contributed by atoms with van der Waals surface area (Å²) in [6, 6.07) is 8.36. The number of hydrogen-bond donors (Lipinski definition) is 0. The van der Waals surface area contributed by atoms with Crippen molar-refractivity contribution in [2.75, 3.05) is 14.2 Å². The van der Waals surface area contributed by atoms with E-state index in [1.807, 2.05) is 0 Å². The third-order valence-corrected chi connectivity index (χ3v) is 4.06. The first-order valence-electron chi connectivity index (χ1n) is 7.30. The molecule has 0 aliphatic rings. The van der Waals surface area contributed by atoms with Crippen LogP contribution in [-0.2, 0) is 4.79 Å². The molecule has 0 spiro atoms. The number of benzene rings is 1. The highest BCUT2D eigenvalue weighted by molar-refractivity contribution is 8.03. The van der Waals surface area contributed by atoms with Crippen molar-refractivity contribution in [2.24, 2.45) is 0 Å². The van der Waals surface area contributed by atoms with Gasteiger partial charge in [-0.2, -0.15) is 0 Å². The highest BCUT2D eigenvalue weighted by Crippen LogP contribution is 2.32. The summed E-state index contributed by atoms with van der Waals surface area (Å²) in [5.74, 6) is 0.295. The number of carbonyl (C=O) groups is 1. The highest BCUT2D eigenvalue weighted by Gasteiger charge is 2.14. The van der Waals surface area contributed by atoms with Gasteiger partial charge in [0.1, 0.15) is 17.3 Å². The number of aliphatic carboxylic acids is 1. The van der Waals surface area contributed by atoms with Gasteiger partial charge < -0.3 is 28.2 Å². The van der Waals surface area contributed by atoms with Crippen molar-refractivity contribution in [3.63, 3.8) is 0 Å². The first-order valence-corrected chi connectivity index (χ1v) is 8.12. The molecule has 3 rings (SSSR count). The molecule has 134 valence electrons. The maximum atomic E-state index is 11.3. The second kappa shape index (κ2) is 7.79. The lowest BCUT2D eigenvalue weighted by atomic mass is 10.2. The molecular formula is C17H13N2O6S-. The number of carboxylic acids is 1. The number of furan rings is 1. The van der Waals surface area contributed by atoms with Crippen LogP contribution in [-0.4, -0.2) is 30.4 Å². The summed E-state index contributed by atoms with van der Waals surface area (Å²) < 4.78 is 21.0. The molecule has 2 aromatic heterocycles. The molecule has 0 saturated carbocycles. The van der Waals surface area contributed by atoms with Crippen molar-refractivity contribution in [3.8, 4) is 23.0 Å². The summed E-state index contributed by atoms with van der Waals surface area (Å²) in [7, 11) is 3.05. The van der Waals surface area contributed by atoms with Gasteiger partial charge in [0.15, 0.2) is 0 Å². The molecule has 0 aliphatic carbocycles. The topological polar surface area (TPSA) is 111 Å². The number of carbonyl (C=O) groups excluding carboxylic acids is 1. The molecule has 1 aromatic carbocycles. The summed E-state index contributed by atoms with van der Waals surface area (Å²) in [5.41, 5.74) is 0.575. The number of rotatable bonds is 7. The fourth-order valence-corrected chi connectivity index (χ4v) is 2.67. The molecule has 0 amide bonds. The van der Waals surface area contributed by atoms with E-state index in [0.717, 1.165) is 11.8 Å². The van der Waals surface area contributed by atoms with Gasteiger partial charge in [-0.05, 0) is 42.1 Å². The lowest BCUT2D eigenvalue weighted by Crippen LogP contribution is -2.22. The van der Waals surface area contributed by atoms with Gasteiger partial charge in [0, 0.05) is 16.5 Å². The van der Waals surface area contributed by atoms with E-state index in [2.05, 4.69) is 10.2 Å². The minimum atomic E-state index is -1.38. The Morgan fingerprint density at radius 2 is 1.92 bits per heavy atom. The standard InChI is InChI=1S/C17H14N2O6S/c1-22-12-6-10(7-13(8-12)23-2)15-18-19-17(25-15)26-14(16(20)21)9-11-4-3-5-24-11/h3-9H,1-2H3,(H,20,21)/p-1/b14-9-. The zero-order chi connectivity index (χ0) is 18.5. The third kappa shape index (κ3) is 4.06. The van der Waals surface area contributed by atoms with Gasteiger partial charge >= 0.3 is 0 Å². The Labute approximate surface area is 152 Å². The van der Waals surface area contributed by atoms with Gasteiger partial charge in [0.25, 0.3) is 5.22 Å². The summed E-state index contributed by atoms with van der Waals surface area (Å²) >= 11 is 0.767. The van der Waals surface area contributed by atoms with Crippen LogP contribution in [0, 0.1) is 0 Å². The Morgan fingerprint density at radius 1 is 1.19 bits per heavy atom. The first-order chi connectivity index (χ1) is 12.6. The smallest absolute Gasteiger partial charge is 0.281 e. The first kappa shape index (κ1) is 17.6. The zero-order valence-corrected chi connectivity index (χ0v) is 14.6. The van der Waals surface area contributed by atoms with Crippen LogP contribution in [0.3, 0.4) is 0 Å². The van der Waals surface area contributed by atoms with Crippen LogP contribution >= 0.6 is 11.8 Å². The number of nitrogens with zero attached hydrogens (tertiary/aromatic N) is 2. The normalized spacial score (nSPS) is 11.4. The molecule has 0 saturated heterocycles. The van der Waals surface area contributed by atoms with Gasteiger partial charge in [0.2, 0.25) is 5.89 Å². The monoisotopic (exact) mass is 373 g/mol. The van der Waals surface area contributed by atoms with Gasteiger partial charge in [-0.25, -0.2) is 0 Å². The Bertz CT molecular complexity index is 910. The van der Waals surface area contributed by atoms with Crippen molar-refractivity contribution < 1.29 is 28.2 Å². The Morgan fingerprint density at radius 3 is 2.50 bits per heavy atom. The molecule has 0 unspecified atom stereocenters. The lowest BCUT2D eigenvalue weighted by Gasteiger charge is -2.06. The van der Waals surface area contributed by atoms with Crippen molar-refractivity contribution >= 4 is 23.8 Å². The summed E-state index contributed by atoms with van der Waals surface area (Å²) in [4.78, 5) is 11.2. The SMILES string of the molecule is COc1cc(OC)cc(-c2nnc(S/C(=C\c3ccco3)C(=O)[O-])o2)c1. The quantitative estimate of drug-likeness (QED) is 0.454. The van der Waals surface area contributed by atoms with Crippen LogP contribution in [0.15, 0.2) is 55.6 Å². The van der Waals surface area contributed by atoms with E-state index in [0.29, 0.717) is 22.8 Å². The largest absolute Gasteiger partial charge is 0.544 e. The second-order valence-electron chi connectivity index (χ2n) is 4.89. The second-order valence-corrected chi connectivity index (χ2v) is 5.88.